The summed E-state index contributed by atoms with van der Waals surface area (Å²) in [6, 6.07) is 18.2. The van der Waals surface area contributed by atoms with Crippen LogP contribution >= 0.6 is 15.9 Å². The van der Waals surface area contributed by atoms with Crippen molar-refractivity contribution in [1.29, 1.82) is 0 Å². The van der Waals surface area contributed by atoms with Gasteiger partial charge in [0.25, 0.3) is 5.91 Å². The van der Waals surface area contributed by atoms with Crippen LogP contribution in [-0.4, -0.2) is 40.9 Å². The number of hydrazone groups is 1. The number of aryl methyl sites for hydroxylation is 2. The van der Waals surface area contributed by atoms with Crippen molar-refractivity contribution in [2.24, 2.45) is 5.10 Å². The van der Waals surface area contributed by atoms with Crippen LogP contribution in [0.1, 0.15) is 32.6 Å². The second-order valence-corrected chi connectivity index (χ2v) is 11.3. The van der Waals surface area contributed by atoms with Gasteiger partial charge in [0, 0.05) is 24.1 Å². The van der Waals surface area contributed by atoms with Crippen molar-refractivity contribution in [2.45, 2.75) is 20.4 Å². The van der Waals surface area contributed by atoms with Crippen molar-refractivity contribution in [3.63, 3.8) is 0 Å². The van der Waals surface area contributed by atoms with Crippen LogP contribution in [0.2, 0.25) is 0 Å². The van der Waals surface area contributed by atoms with Gasteiger partial charge in [0.1, 0.15) is 0 Å². The minimum absolute atomic E-state index is 0.166. The summed E-state index contributed by atoms with van der Waals surface area (Å²) in [6.07, 6.45) is 2.76. The van der Waals surface area contributed by atoms with Crippen molar-refractivity contribution in [1.82, 2.24) is 5.43 Å². The summed E-state index contributed by atoms with van der Waals surface area (Å²) >= 11 is 3.53. The van der Waals surface area contributed by atoms with Gasteiger partial charge >= 0.3 is 0 Å². The van der Waals surface area contributed by atoms with E-state index < -0.39 is 10.0 Å². The van der Waals surface area contributed by atoms with E-state index in [4.69, 9.17) is 0 Å². The maximum atomic E-state index is 12.5. The third kappa shape index (κ3) is 6.93. The van der Waals surface area contributed by atoms with Gasteiger partial charge in [-0.05, 0) is 88.4 Å². The van der Waals surface area contributed by atoms with Crippen molar-refractivity contribution in [3.05, 3.63) is 93.0 Å². The van der Waals surface area contributed by atoms with E-state index in [1.165, 1.54) is 10.6 Å². The van der Waals surface area contributed by atoms with Gasteiger partial charge in [0.05, 0.1) is 30.4 Å². The molecule has 0 saturated heterocycles. The average Bonchev–Trinajstić information content (AvgIpc) is 2.79. The van der Waals surface area contributed by atoms with Gasteiger partial charge in [0.15, 0.2) is 0 Å². The first-order valence-corrected chi connectivity index (χ1v) is 13.5. The molecule has 0 aliphatic heterocycles. The SMILES string of the molecule is Cc1ccc(N(Cc2ccc(C(=O)N/N=C\c3ccc(N(C)C)c(Br)c3)cc2)S(C)(=O)=O)cc1C. The van der Waals surface area contributed by atoms with Crippen LogP contribution < -0.4 is 14.6 Å². The van der Waals surface area contributed by atoms with E-state index in [0.717, 1.165) is 32.4 Å². The summed E-state index contributed by atoms with van der Waals surface area (Å²) in [6.45, 7) is 4.10. The Morgan fingerprint density at radius 3 is 2.26 bits per heavy atom. The first-order chi connectivity index (χ1) is 16.5. The van der Waals surface area contributed by atoms with E-state index in [1.54, 1.807) is 36.5 Å². The highest BCUT2D eigenvalue weighted by molar-refractivity contribution is 9.10. The van der Waals surface area contributed by atoms with Gasteiger partial charge in [-0.25, -0.2) is 13.8 Å². The minimum Gasteiger partial charge on any atom is -0.377 e. The number of halogens is 1. The van der Waals surface area contributed by atoms with Crippen LogP contribution in [0.25, 0.3) is 0 Å². The molecule has 3 rings (SSSR count). The van der Waals surface area contributed by atoms with E-state index in [1.807, 2.05) is 63.2 Å². The second kappa shape index (κ2) is 11.0. The standard InChI is InChI=1S/C26H29BrN4O3S/c1-18-6-12-23(14-19(18)2)31(35(5,33)34)17-20-7-10-22(11-8-20)26(32)29-28-16-21-9-13-25(30(3)4)24(27)15-21/h6-16H,17H2,1-5H3,(H,29,32)/b28-16-. The molecule has 0 bridgehead atoms. The van der Waals surface area contributed by atoms with Crippen molar-refractivity contribution >= 4 is 49.4 Å². The highest BCUT2D eigenvalue weighted by Gasteiger charge is 2.18. The molecule has 0 aromatic heterocycles. The molecule has 35 heavy (non-hydrogen) atoms. The number of benzene rings is 3. The molecule has 0 aliphatic carbocycles. The van der Waals surface area contributed by atoms with Crippen LogP contribution in [0.5, 0.6) is 0 Å². The Morgan fingerprint density at radius 1 is 1.00 bits per heavy atom. The Bertz CT molecular complexity index is 1350. The Labute approximate surface area is 215 Å². The van der Waals surface area contributed by atoms with Gasteiger partial charge in [0.2, 0.25) is 10.0 Å². The number of nitrogens with one attached hydrogen (secondary N) is 1. The Morgan fingerprint density at radius 2 is 1.69 bits per heavy atom. The Hall–Kier alpha value is -3.17. The van der Waals surface area contributed by atoms with Gasteiger partial charge in [-0.15, -0.1) is 0 Å². The molecule has 0 saturated carbocycles. The van der Waals surface area contributed by atoms with E-state index in [-0.39, 0.29) is 12.5 Å². The smallest absolute Gasteiger partial charge is 0.271 e. The fourth-order valence-electron chi connectivity index (χ4n) is 3.40. The molecule has 0 fully saturated rings. The number of hydrogen-bond acceptors (Lipinski definition) is 5. The summed E-state index contributed by atoms with van der Waals surface area (Å²) in [5, 5.41) is 4.05. The number of rotatable bonds is 8. The zero-order valence-electron chi connectivity index (χ0n) is 20.4. The van der Waals surface area contributed by atoms with Crippen LogP contribution in [0, 0.1) is 13.8 Å². The first kappa shape index (κ1) is 26.4. The first-order valence-electron chi connectivity index (χ1n) is 10.9. The van der Waals surface area contributed by atoms with Gasteiger partial charge < -0.3 is 4.90 Å². The number of anilines is 2. The summed E-state index contributed by atoms with van der Waals surface area (Å²) < 4.78 is 27.2. The van der Waals surface area contributed by atoms with Crippen molar-refractivity contribution in [3.8, 4) is 0 Å². The lowest BCUT2D eigenvalue weighted by molar-refractivity contribution is 0.0955. The molecule has 0 aliphatic rings. The number of nitrogens with zero attached hydrogens (tertiary/aromatic N) is 3. The van der Waals surface area contributed by atoms with E-state index in [9.17, 15) is 13.2 Å². The van der Waals surface area contributed by atoms with Crippen molar-refractivity contribution in [2.75, 3.05) is 29.6 Å². The number of amides is 1. The lowest BCUT2D eigenvalue weighted by atomic mass is 10.1. The molecule has 3 aromatic carbocycles. The normalized spacial score (nSPS) is 11.5. The molecule has 0 heterocycles. The largest absolute Gasteiger partial charge is 0.377 e. The summed E-state index contributed by atoms with van der Waals surface area (Å²) in [5.74, 6) is -0.356. The van der Waals surface area contributed by atoms with Crippen LogP contribution in [0.15, 0.2) is 70.2 Å². The summed E-state index contributed by atoms with van der Waals surface area (Å²) in [4.78, 5) is 14.5. The van der Waals surface area contributed by atoms with E-state index in [0.29, 0.717) is 11.3 Å². The molecule has 0 atom stereocenters. The van der Waals surface area contributed by atoms with Crippen LogP contribution in [-0.2, 0) is 16.6 Å². The lowest BCUT2D eigenvalue weighted by Crippen LogP contribution is -2.29. The highest BCUT2D eigenvalue weighted by atomic mass is 79.9. The molecular formula is C26H29BrN4O3S. The van der Waals surface area contributed by atoms with Gasteiger partial charge in [-0.2, -0.15) is 5.10 Å². The maximum Gasteiger partial charge on any atom is 0.271 e. The molecule has 1 amide bonds. The fraction of sp³-hybridized carbons (Fsp3) is 0.231. The maximum absolute atomic E-state index is 12.5. The molecule has 0 unspecified atom stereocenters. The molecule has 9 heteroatoms. The molecule has 184 valence electrons. The zero-order chi connectivity index (χ0) is 25.8. The van der Waals surface area contributed by atoms with Gasteiger partial charge in [-0.1, -0.05) is 24.3 Å². The second-order valence-electron chi connectivity index (χ2n) is 8.54. The van der Waals surface area contributed by atoms with Crippen molar-refractivity contribution < 1.29 is 13.2 Å². The van der Waals surface area contributed by atoms with E-state index in [2.05, 4.69) is 26.5 Å². The molecule has 7 nitrogen and oxygen atoms in total. The molecule has 0 radical (unpaired) electrons. The Kier molecular flexibility index (Phi) is 8.34. The topological polar surface area (TPSA) is 82.1 Å². The Balaban J connectivity index is 1.68. The summed E-state index contributed by atoms with van der Waals surface area (Å²) in [7, 11) is 0.427. The summed E-state index contributed by atoms with van der Waals surface area (Å²) in [5.41, 5.74) is 8.31. The van der Waals surface area contributed by atoms with Gasteiger partial charge in [-0.3, -0.25) is 9.10 Å². The average molecular weight is 558 g/mol. The van der Waals surface area contributed by atoms with Crippen LogP contribution in [0.4, 0.5) is 11.4 Å². The predicted octanol–water partition coefficient (Wildman–Crippen LogP) is 4.86. The third-order valence-corrected chi connectivity index (χ3v) is 7.33. The third-order valence-electron chi connectivity index (χ3n) is 5.55. The zero-order valence-corrected chi connectivity index (χ0v) is 22.8. The number of hydrogen-bond donors (Lipinski definition) is 1. The minimum atomic E-state index is -3.49. The van der Waals surface area contributed by atoms with E-state index >= 15 is 0 Å². The quantitative estimate of drug-likeness (QED) is 0.317. The highest BCUT2D eigenvalue weighted by Crippen LogP contribution is 2.25. The monoisotopic (exact) mass is 556 g/mol. The predicted molar refractivity (Wildman–Crippen MR) is 147 cm³/mol. The fourth-order valence-corrected chi connectivity index (χ4v) is 5.04. The number of carbonyl (C=O) groups is 1. The lowest BCUT2D eigenvalue weighted by Gasteiger charge is -2.23. The molecular weight excluding hydrogens is 528 g/mol. The number of carbonyl (C=O) groups excluding carboxylic acids is 1. The number of sulfonamides is 1. The molecule has 1 N–H and O–H groups in total. The molecule has 3 aromatic rings. The molecule has 0 spiro atoms. The van der Waals surface area contributed by atoms with Crippen LogP contribution in [0.3, 0.4) is 0 Å².